The normalized spacial score (nSPS) is 11.8. The van der Waals surface area contributed by atoms with Crippen molar-refractivity contribution in [3.8, 4) is 17.0 Å². The zero-order valence-electron chi connectivity index (χ0n) is 15.8. The predicted molar refractivity (Wildman–Crippen MR) is 107 cm³/mol. The van der Waals surface area contributed by atoms with Gasteiger partial charge in [0.1, 0.15) is 5.75 Å². The molecule has 2 N–H and O–H groups in total. The molecule has 0 unspecified atom stereocenters. The maximum absolute atomic E-state index is 12.7. The van der Waals surface area contributed by atoms with Crippen LogP contribution in [0, 0.1) is 0 Å². The van der Waals surface area contributed by atoms with Crippen molar-refractivity contribution < 1.29 is 19.4 Å². The second kappa shape index (κ2) is 8.52. The third kappa shape index (κ3) is 4.46. The summed E-state index contributed by atoms with van der Waals surface area (Å²) in [7, 11) is 0. The largest absolute Gasteiger partial charge is 0.508 e. The summed E-state index contributed by atoms with van der Waals surface area (Å²) in [5, 5.41) is 12.9. The van der Waals surface area contributed by atoms with Crippen LogP contribution in [0.25, 0.3) is 22.2 Å². The molecule has 0 spiro atoms. The molecule has 0 saturated heterocycles. The van der Waals surface area contributed by atoms with E-state index in [4.69, 9.17) is 4.74 Å². The minimum absolute atomic E-state index is 0.0223. The molecular weight excluding hydrogens is 356 g/mol. The summed E-state index contributed by atoms with van der Waals surface area (Å²) in [5.74, 6) is -0.769. The number of amides is 1. The van der Waals surface area contributed by atoms with Gasteiger partial charge in [-0.25, -0.2) is 9.78 Å². The molecule has 0 saturated carbocycles. The molecule has 3 rings (SSSR count). The van der Waals surface area contributed by atoms with Gasteiger partial charge in [-0.05, 0) is 49.7 Å². The van der Waals surface area contributed by atoms with Crippen LogP contribution in [0.4, 0.5) is 0 Å². The summed E-state index contributed by atoms with van der Waals surface area (Å²) in [5.41, 5.74) is 2.32. The fraction of sp³-hybridized carbons (Fsp3) is 0.227. The van der Waals surface area contributed by atoms with Crippen LogP contribution >= 0.6 is 0 Å². The highest BCUT2D eigenvalue weighted by Crippen LogP contribution is 2.26. The maximum atomic E-state index is 12.7. The van der Waals surface area contributed by atoms with Crippen LogP contribution in [0.2, 0.25) is 0 Å². The number of esters is 1. The molecule has 0 bridgehead atoms. The topological polar surface area (TPSA) is 88.5 Å². The summed E-state index contributed by atoms with van der Waals surface area (Å²) in [6.07, 6.45) is 0.796. The van der Waals surface area contributed by atoms with E-state index in [1.54, 1.807) is 36.4 Å². The Morgan fingerprint density at radius 2 is 1.86 bits per heavy atom. The number of hydrogen-bond donors (Lipinski definition) is 2. The van der Waals surface area contributed by atoms with Crippen LogP contribution in [-0.4, -0.2) is 34.6 Å². The van der Waals surface area contributed by atoms with Gasteiger partial charge in [0.05, 0.1) is 16.8 Å². The summed E-state index contributed by atoms with van der Waals surface area (Å²) in [6, 6.07) is 15.5. The van der Waals surface area contributed by atoms with Crippen LogP contribution in [0.3, 0.4) is 0 Å². The molecule has 0 fully saturated rings. The third-order valence-corrected chi connectivity index (χ3v) is 4.45. The highest BCUT2D eigenvalue weighted by atomic mass is 16.5. The van der Waals surface area contributed by atoms with E-state index in [2.05, 4.69) is 10.3 Å². The number of ether oxygens (including phenoxy) is 1. The highest BCUT2D eigenvalue weighted by Gasteiger charge is 2.17. The zero-order chi connectivity index (χ0) is 20.1. The molecule has 0 radical (unpaired) electrons. The van der Waals surface area contributed by atoms with E-state index in [0.29, 0.717) is 22.2 Å². The molecule has 1 aromatic heterocycles. The van der Waals surface area contributed by atoms with E-state index in [-0.39, 0.29) is 24.3 Å². The third-order valence-electron chi connectivity index (χ3n) is 4.45. The van der Waals surface area contributed by atoms with Gasteiger partial charge in [0.25, 0.3) is 5.91 Å². The van der Waals surface area contributed by atoms with E-state index in [9.17, 15) is 14.7 Å². The number of para-hydroxylation sites is 1. The number of carbonyl (C=O) groups excluding carboxylic acids is 2. The average Bonchev–Trinajstić information content (AvgIpc) is 2.71. The van der Waals surface area contributed by atoms with Crippen molar-refractivity contribution in [2.45, 2.75) is 26.3 Å². The number of nitrogens with one attached hydrogen (secondary N) is 1. The quantitative estimate of drug-likeness (QED) is 0.639. The second-order valence-electron chi connectivity index (χ2n) is 6.57. The molecule has 6 nitrogen and oxygen atoms in total. The lowest BCUT2D eigenvalue weighted by atomic mass is 10.0. The number of fused-ring (bicyclic) bond motifs is 1. The molecule has 0 aliphatic carbocycles. The Hall–Kier alpha value is -3.41. The first kappa shape index (κ1) is 19.4. The summed E-state index contributed by atoms with van der Waals surface area (Å²) in [6.45, 7) is 3.51. The molecule has 2 aromatic carbocycles. The Bertz CT molecular complexity index is 999. The molecule has 0 aliphatic rings. The minimum Gasteiger partial charge on any atom is -0.508 e. The van der Waals surface area contributed by atoms with Crippen molar-refractivity contribution in [2.75, 3.05) is 6.61 Å². The molecule has 6 heteroatoms. The van der Waals surface area contributed by atoms with Gasteiger partial charge in [-0.1, -0.05) is 25.1 Å². The number of pyridine rings is 1. The number of nitrogens with zero attached hydrogens (tertiary/aromatic N) is 1. The number of rotatable bonds is 6. The molecule has 3 aromatic rings. The molecule has 1 heterocycles. The molecule has 0 aliphatic heterocycles. The van der Waals surface area contributed by atoms with Gasteiger partial charge in [-0.3, -0.25) is 4.79 Å². The molecule has 1 atom stereocenters. The van der Waals surface area contributed by atoms with Gasteiger partial charge >= 0.3 is 5.97 Å². The Labute approximate surface area is 163 Å². The monoisotopic (exact) mass is 378 g/mol. The Balaban J connectivity index is 1.89. The summed E-state index contributed by atoms with van der Waals surface area (Å²) >= 11 is 0. The number of aromatic nitrogens is 1. The number of phenols is 1. The second-order valence-corrected chi connectivity index (χ2v) is 6.57. The Morgan fingerprint density at radius 1 is 1.14 bits per heavy atom. The van der Waals surface area contributed by atoms with Gasteiger partial charge < -0.3 is 15.2 Å². The van der Waals surface area contributed by atoms with E-state index >= 15 is 0 Å². The van der Waals surface area contributed by atoms with Crippen molar-refractivity contribution in [1.82, 2.24) is 10.3 Å². The summed E-state index contributed by atoms with van der Waals surface area (Å²) in [4.78, 5) is 29.2. The van der Waals surface area contributed by atoms with Crippen LogP contribution in [0.15, 0.2) is 54.6 Å². The van der Waals surface area contributed by atoms with E-state index < -0.39 is 5.97 Å². The molecule has 1 amide bonds. The van der Waals surface area contributed by atoms with Crippen LogP contribution in [0.5, 0.6) is 5.75 Å². The standard InChI is InChI=1S/C22H22N2O4/c1-3-14(2)23-21(26)13-28-22(27)18-12-20(15-8-10-16(25)11-9-15)24-19-7-5-4-6-17(18)19/h4-12,14,25H,3,13H2,1-2H3,(H,23,26)/t14-/m0/s1. The van der Waals surface area contributed by atoms with Crippen molar-refractivity contribution >= 4 is 22.8 Å². The predicted octanol–water partition coefficient (Wildman–Crippen LogP) is 3.68. The lowest BCUT2D eigenvalue weighted by Crippen LogP contribution is -2.35. The van der Waals surface area contributed by atoms with Crippen LogP contribution in [0.1, 0.15) is 30.6 Å². The van der Waals surface area contributed by atoms with E-state index in [1.807, 2.05) is 32.0 Å². The van der Waals surface area contributed by atoms with Crippen molar-refractivity contribution in [1.29, 1.82) is 0 Å². The van der Waals surface area contributed by atoms with Crippen molar-refractivity contribution in [3.63, 3.8) is 0 Å². The minimum atomic E-state index is -0.585. The van der Waals surface area contributed by atoms with Crippen molar-refractivity contribution in [2.24, 2.45) is 0 Å². The molecule has 144 valence electrons. The van der Waals surface area contributed by atoms with Crippen LogP contribution < -0.4 is 5.32 Å². The lowest BCUT2D eigenvalue weighted by Gasteiger charge is -2.12. The van der Waals surface area contributed by atoms with Gasteiger partial charge in [0, 0.05) is 17.0 Å². The number of carbonyl (C=O) groups is 2. The number of phenolic OH excluding ortho intramolecular Hbond substituents is 1. The number of aromatic hydroxyl groups is 1. The van der Waals surface area contributed by atoms with Gasteiger partial charge in [0.15, 0.2) is 6.61 Å². The van der Waals surface area contributed by atoms with Crippen molar-refractivity contribution in [3.05, 3.63) is 60.2 Å². The lowest BCUT2D eigenvalue weighted by molar-refractivity contribution is -0.124. The Morgan fingerprint density at radius 3 is 2.57 bits per heavy atom. The fourth-order valence-electron chi connectivity index (χ4n) is 2.75. The zero-order valence-corrected chi connectivity index (χ0v) is 15.8. The first-order chi connectivity index (χ1) is 13.5. The van der Waals surface area contributed by atoms with E-state index in [0.717, 1.165) is 12.0 Å². The van der Waals surface area contributed by atoms with Gasteiger partial charge in [-0.15, -0.1) is 0 Å². The maximum Gasteiger partial charge on any atom is 0.339 e. The average molecular weight is 378 g/mol. The SMILES string of the molecule is CC[C@H](C)NC(=O)COC(=O)c1cc(-c2ccc(O)cc2)nc2ccccc12. The molecule has 28 heavy (non-hydrogen) atoms. The molecular formula is C22H22N2O4. The number of benzene rings is 2. The van der Waals surface area contributed by atoms with Gasteiger partial charge in [-0.2, -0.15) is 0 Å². The Kier molecular flexibility index (Phi) is 5.89. The highest BCUT2D eigenvalue weighted by molar-refractivity contribution is 6.05. The van der Waals surface area contributed by atoms with Crippen LogP contribution in [-0.2, 0) is 9.53 Å². The fourth-order valence-corrected chi connectivity index (χ4v) is 2.75. The first-order valence-corrected chi connectivity index (χ1v) is 9.13. The number of hydrogen-bond acceptors (Lipinski definition) is 5. The van der Waals surface area contributed by atoms with Gasteiger partial charge in [0.2, 0.25) is 0 Å². The first-order valence-electron chi connectivity index (χ1n) is 9.13. The summed E-state index contributed by atoms with van der Waals surface area (Å²) < 4.78 is 5.23. The smallest absolute Gasteiger partial charge is 0.339 e. The van der Waals surface area contributed by atoms with E-state index in [1.165, 1.54) is 0 Å².